The van der Waals surface area contributed by atoms with Crippen LogP contribution in [0.15, 0.2) is 24.5 Å². The number of H-pyrrole nitrogens is 1. The first-order valence-electron chi connectivity index (χ1n) is 6.48. The third-order valence-corrected chi connectivity index (χ3v) is 3.33. The third-order valence-electron chi connectivity index (χ3n) is 3.33. The number of nitrogens with zero attached hydrogens (tertiary/aromatic N) is 1. The van der Waals surface area contributed by atoms with Gasteiger partial charge < -0.3 is 16.0 Å². The maximum Gasteiger partial charge on any atom is 0.0931 e. The molecule has 0 saturated carbocycles. The van der Waals surface area contributed by atoms with Crippen molar-refractivity contribution in [3.8, 4) is 0 Å². The van der Waals surface area contributed by atoms with Crippen LogP contribution in [-0.4, -0.2) is 29.6 Å². The van der Waals surface area contributed by atoms with Crippen molar-refractivity contribution in [1.82, 2.24) is 15.3 Å². The number of hydrogen-bond donors (Lipinski definition) is 3. The van der Waals surface area contributed by atoms with Crippen molar-refractivity contribution in [2.45, 2.75) is 25.7 Å². The Morgan fingerprint density at radius 1 is 1.39 bits per heavy atom. The van der Waals surface area contributed by atoms with Crippen LogP contribution in [-0.2, 0) is 5.41 Å². The van der Waals surface area contributed by atoms with Gasteiger partial charge in [0.05, 0.1) is 17.4 Å². The fourth-order valence-electron chi connectivity index (χ4n) is 2.09. The van der Waals surface area contributed by atoms with Crippen LogP contribution in [0.1, 0.15) is 25.8 Å². The van der Waals surface area contributed by atoms with E-state index in [2.05, 4.69) is 47.3 Å². The third kappa shape index (κ3) is 2.89. The highest BCUT2D eigenvalue weighted by molar-refractivity contribution is 5.75. The topological polar surface area (TPSA) is 66.7 Å². The number of fused-ring (bicyclic) bond motifs is 1. The molecule has 0 spiro atoms. The highest BCUT2D eigenvalue weighted by Crippen LogP contribution is 2.24. The fraction of sp³-hybridized carbons (Fsp3) is 0.500. The van der Waals surface area contributed by atoms with Gasteiger partial charge in [0.2, 0.25) is 0 Å². The van der Waals surface area contributed by atoms with E-state index in [1.54, 1.807) is 6.33 Å². The molecule has 2 rings (SSSR count). The minimum atomic E-state index is 0.105. The van der Waals surface area contributed by atoms with Crippen LogP contribution in [0.4, 0.5) is 0 Å². The molecule has 1 aromatic heterocycles. The lowest BCUT2D eigenvalue weighted by atomic mass is 9.84. The van der Waals surface area contributed by atoms with Crippen LogP contribution < -0.4 is 11.1 Å². The Bertz CT molecular complexity index is 501. The standard InChI is InChI=1S/C14H22N4/c1-14(2,9-16-7-3-6-15)11-4-5-12-13(8-11)18-10-17-12/h4-5,8,10,16H,3,6-7,9,15H2,1-2H3,(H,17,18). The summed E-state index contributed by atoms with van der Waals surface area (Å²) in [5.74, 6) is 0. The van der Waals surface area contributed by atoms with Crippen LogP contribution in [0.25, 0.3) is 11.0 Å². The van der Waals surface area contributed by atoms with E-state index in [9.17, 15) is 0 Å². The van der Waals surface area contributed by atoms with Gasteiger partial charge in [0.1, 0.15) is 0 Å². The molecule has 4 N–H and O–H groups in total. The van der Waals surface area contributed by atoms with Gasteiger partial charge in [-0.3, -0.25) is 0 Å². The number of benzene rings is 1. The van der Waals surface area contributed by atoms with Crippen LogP contribution in [0.3, 0.4) is 0 Å². The number of aromatic amines is 1. The van der Waals surface area contributed by atoms with Gasteiger partial charge in [0.15, 0.2) is 0 Å². The summed E-state index contributed by atoms with van der Waals surface area (Å²) in [6.45, 7) is 7.17. The number of rotatable bonds is 6. The second kappa shape index (κ2) is 5.50. The Balaban J connectivity index is 2.07. The van der Waals surface area contributed by atoms with E-state index in [4.69, 9.17) is 5.73 Å². The molecule has 0 saturated heterocycles. The number of nitrogens with two attached hydrogens (primary N) is 1. The van der Waals surface area contributed by atoms with Gasteiger partial charge in [-0.1, -0.05) is 19.9 Å². The second-order valence-electron chi connectivity index (χ2n) is 5.34. The van der Waals surface area contributed by atoms with Crippen molar-refractivity contribution in [2.75, 3.05) is 19.6 Å². The molecule has 98 valence electrons. The maximum atomic E-state index is 5.49. The molecule has 4 nitrogen and oxygen atoms in total. The van der Waals surface area contributed by atoms with Crippen molar-refractivity contribution in [1.29, 1.82) is 0 Å². The summed E-state index contributed by atoms with van der Waals surface area (Å²) >= 11 is 0. The number of imidazole rings is 1. The molecule has 0 aliphatic carbocycles. The number of aromatic nitrogens is 2. The summed E-state index contributed by atoms with van der Waals surface area (Å²) in [6, 6.07) is 6.42. The maximum absolute atomic E-state index is 5.49. The lowest BCUT2D eigenvalue weighted by Gasteiger charge is -2.25. The Morgan fingerprint density at radius 2 is 2.22 bits per heavy atom. The van der Waals surface area contributed by atoms with Crippen LogP contribution in [0, 0.1) is 0 Å². The van der Waals surface area contributed by atoms with Crippen LogP contribution in [0.2, 0.25) is 0 Å². The zero-order chi connectivity index (χ0) is 13.0. The molecule has 0 aliphatic rings. The van der Waals surface area contributed by atoms with Gasteiger partial charge in [-0.05, 0) is 37.2 Å². The zero-order valence-electron chi connectivity index (χ0n) is 11.2. The number of nitrogens with one attached hydrogen (secondary N) is 2. The summed E-state index contributed by atoms with van der Waals surface area (Å²) in [5, 5.41) is 3.46. The smallest absolute Gasteiger partial charge is 0.0931 e. The molecular formula is C14H22N4. The average Bonchev–Trinajstić information content (AvgIpc) is 2.82. The molecule has 0 unspecified atom stereocenters. The van der Waals surface area contributed by atoms with E-state index >= 15 is 0 Å². The van der Waals surface area contributed by atoms with Crippen LogP contribution >= 0.6 is 0 Å². The van der Waals surface area contributed by atoms with Gasteiger partial charge in [-0.2, -0.15) is 0 Å². The molecule has 0 aliphatic heterocycles. The van der Waals surface area contributed by atoms with E-state index < -0.39 is 0 Å². The minimum Gasteiger partial charge on any atom is -0.345 e. The molecule has 1 aromatic carbocycles. The first kappa shape index (κ1) is 13.1. The molecule has 2 aromatic rings. The van der Waals surface area contributed by atoms with E-state index in [0.717, 1.165) is 37.1 Å². The largest absolute Gasteiger partial charge is 0.345 e. The monoisotopic (exact) mass is 246 g/mol. The second-order valence-corrected chi connectivity index (χ2v) is 5.34. The predicted octanol–water partition coefficient (Wildman–Crippen LogP) is 1.78. The Kier molecular flexibility index (Phi) is 3.99. The molecular weight excluding hydrogens is 224 g/mol. The van der Waals surface area contributed by atoms with Crippen molar-refractivity contribution < 1.29 is 0 Å². The van der Waals surface area contributed by atoms with E-state index in [-0.39, 0.29) is 5.41 Å². The lowest BCUT2D eigenvalue weighted by Crippen LogP contribution is -2.34. The van der Waals surface area contributed by atoms with E-state index in [1.165, 1.54) is 5.56 Å². The Labute approximate surface area is 108 Å². The predicted molar refractivity (Wildman–Crippen MR) is 75.7 cm³/mol. The Hall–Kier alpha value is -1.39. The summed E-state index contributed by atoms with van der Waals surface area (Å²) in [6.07, 6.45) is 2.76. The zero-order valence-corrected chi connectivity index (χ0v) is 11.2. The molecule has 4 heteroatoms. The molecule has 0 atom stereocenters. The van der Waals surface area contributed by atoms with Crippen LogP contribution in [0.5, 0.6) is 0 Å². The average molecular weight is 246 g/mol. The SMILES string of the molecule is CC(C)(CNCCCN)c1ccc2nc[nH]c2c1. The van der Waals surface area contributed by atoms with Gasteiger partial charge in [0.25, 0.3) is 0 Å². The van der Waals surface area contributed by atoms with Crippen molar-refractivity contribution >= 4 is 11.0 Å². The van der Waals surface area contributed by atoms with Crippen molar-refractivity contribution in [3.05, 3.63) is 30.1 Å². The lowest BCUT2D eigenvalue weighted by molar-refractivity contribution is 0.467. The van der Waals surface area contributed by atoms with Gasteiger partial charge in [0, 0.05) is 12.0 Å². The molecule has 18 heavy (non-hydrogen) atoms. The molecule has 0 bridgehead atoms. The summed E-state index contributed by atoms with van der Waals surface area (Å²) in [4.78, 5) is 7.40. The first-order chi connectivity index (χ1) is 8.63. The van der Waals surface area contributed by atoms with Gasteiger partial charge in [-0.25, -0.2) is 4.98 Å². The molecule has 0 amide bonds. The van der Waals surface area contributed by atoms with E-state index in [1.807, 2.05) is 0 Å². The van der Waals surface area contributed by atoms with Crippen molar-refractivity contribution in [2.24, 2.45) is 5.73 Å². The van der Waals surface area contributed by atoms with E-state index in [0.29, 0.717) is 0 Å². The summed E-state index contributed by atoms with van der Waals surface area (Å²) < 4.78 is 0. The molecule has 1 heterocycles. The molecule has 0 fully saturated rings. The summed E-state index contributed by atoms with van der Waals surface area (Å²) in [5.41, 5.74) is 9.03. The normalized spacial score (nSPS) is 12.2. The van der Waals surface area contributed by atoms with Gasteiger partial charge in [-0.15, -0.1) is 0 Å². The first-order valence-corrected chi connectivity index (χ1v) is 6.48. The fourth-order valence-corrected chi connectivity index (χ4v) is 2.09. The highest BCUT2D eigenvalue weighted by Gasteiger charge is 2.20. The van der Waals surface area contributed by atoms with Crippen molar-refractivity contribution in [3.63, 3.8) is 0 Å². The quantitative estimate of drug-likeness (QED) is 0.681. The minimum absolute atomic E-state index is 0.105. The Morgan fingerprint density at radius 3 is 3.00 bits per heavy atom. The number of hydrogen-bond acceptors (Lipinski definition) is 3. The van der Waals surface area contributed by atoms with Gasteiger partial charge >= 0.3 is 0 Å². The molecule has 0 radical (unpaired) electrons. The summed E-state index contributed by atoms with van der Waals surface area (Å²) in [7, 11) is 0. The highest BCUT2D eigenvalue weighted by atomic mass is 14.9.